The van der Waals surface area contributed by atoms with Crippen LogP contribution in [-0.2, 0) is 0 Å². The summed E-state index contributed by atoms with van der Waals surface area (Å²) in [6.07, 6.45) is 3.83. The zero-order valence-corrected chi connectivity index (χ0v) is 13.2. The van der Waals surface area contributed by atoms with Crippen molar-refractivity contribution in [1.29, 1.82) is 0 Å². The number of rotatable bonds is 5. The Morgan fingerprint density at radius 2 is 1.74 bits per heavy atom. The maximum Gasteiger partial charge on any atom is 0.0132 e. The van der Waals surface area contributed by atoms with Gasteiger partial charge in [-0.15, -0.1) is 0 Å². The van der Waals surface area contributed by atoms with Gasteiger partial charge in [0.2, 0.25) is 0 Å². The minimum absolute atomic E-state index is 0.466. The fourth-order valence-electron chi connectivity index (χ4n) is 4.01. The van der Waals surface area contributed by atoms with E-state index in [1.165, 1.54) is 24.8 Å². The first kappa shape index (κ1) is 14.6. The molecule has 1 aromatic carbocycles. The Balaban J connectivity index is 2.22. The van der Waals surface area contributed by atoms with Gasteiger partial charge in [0, 0.05) is 6.04 Å². The summed E-state index contributed by atoms with van der Waals surface area (Å²) in [5, 5.41) is 3.52. The van der Waals surface area contributed by atoms with Gasteiger partial charge in [0.1, 0.15) is 0 Å². The molecule has 1 heteroatoms. The molecule has 19 heavy (non-hydrogen) atoms. The van der Waals surface area contributed by atoms with Crippen molar-refractivity contribution in [2.45, 2.75) is 64.8 Å². The molecule has 1 aliphatic carbocycles. The fourth-order valence-corrected chi connectivity index (χ4v) is 4.01. The normalized spacial score (nSPS) is 25.4. The van der Waals surface area contributed by atoms with Crippen LogP contribution in [0, 0.1) is 5.41 Å². The second-order valence-corrected chi connectivity index (χ2v) is 6.39. The zero-order valence-electron chi connectivity index (χ0n) is 13.2. The van der Waals surface area contributed by atoms with E-state index in [9.17, 15) is 0 Å². The van der Waals surface area contributed by atoms with Gasteiger partial charge >= 0.3 is 0 Å². The molecule has 2 rings (SSSR count). The van der Waals surface area contributed by atoms with E-state index in [0.29, 0.717) is 17.4 Å². The Morgan fingerprint density at radius 1 is 1.16 bits per heavy atom. The molecule has 1 N–H and O–H groups in total. The Bertz CT molecular complexity index is 400. The van der Waals surface area contributed by atoms with Crippen molar-refractivity contribution in [2.75, 3.05) is 7.05 Å². The maximum atomic E-state index is 3.52. The Hall–Kier alpha value is -0.820. The number of hydrogen-bond donors (Lipinski definition) is 1. The smallest absolute Gasteiger partial charge is 0.0132 e. The molecule has 2 unspecified atom stereocenters. The summed E-state index contributed by atoms with van der Waals surface area (Å²) < 4.78 is 0. The molecule has 0 radical (unpaired) electrons. The molecule has 1 nitrogen and oxygen atoms in total. The van der Waals surface area contributed by atoms with E-state index < -0.39 is 0 Å². The van der Waals surface area contributed by atoms with Gasteiger partial charge in [0.05, 0.1) is 0 Å². The van der Waals surface area contributed by atoms with E-state index >= 15 is 0 Å². The molecule has 1 saturated carbocycles. The number of hydrogen-bond acceptors (Lipinski definition) is 1. The largest absolute Gasteiger partial charge is 0.316 e. The van der Waals surface area contributed by atoms with Crippen molar-refractivity contribution < 1.29 is 0 Å². The number of nitrogens with one attached hydrogen (secondary N) is 1. The average molecular weight is 259 g/mol. The van der Waals surface area contributed by atoms with Crippen molar-refractivity contribution >= 4 is 0 Å². The molecule has 0 heterocycles. The van der Waals surface area contributed by atoms with Crippen LogP contribution in [0.2, 0.25) is 0 Å². The van der Waals surface area contributed by atoms with Crippen molar-refractivity contribution in [3.8, 4) is 0 Å². The van der Waals surface area contributed by atoms with Gasteiger partial charge in [-0.25, -0.2) is 0 Å². The lowest BCUT2D eigenvalue weighted by atomic mass is 9.52. The van der Waals surface area contributed by atoms with Crippen LogP contribution in [0.1, 0.15) is 69.9 Å². The van der Waals surface area contributed by atoms with Gasteiger partial charge < -0.3 is 5.32 Å². The lowest BCUT2D eigenvalue weighted by Gasteiger charge is -2.56. The van der Waals surface area contributed by atoms with Crippen LogP contribution in [0.5, 0.6) is 0 Å². The molecule has 0 bridgehead atoms. The third kappa shape index (κ3) is 2.33. The van der Waals surface area contributed by atoms with Crippen LogP contribution >= 0.6 is 0 Å². The summed E-state index contributed by atoms with van der Waals surface area (Å²) in [7, 11) is 2.11. The van der Waals surface area contributed by atoms with E-state index in [4.69, 9.17) is 0 Å². The van der Waals surface area contributed by atoms with Gasteiger partial charge in [0.25, 0.3) is 0 Å². The summed E-state index contributed by atoms with van der Waals surface area (Å²) in [5.74, 6) is 1.36. The first-order valence-corrected chi connectivity index (χ1v) is 7.86. The Morgan fingerprint density at radius 3 is 2.16 bits per heavy atom. The predicted molar refractivity (Wildman–Crippen MR) is 83.8 cm³/mol. The summed E-state index contributed by atoms with van der Waals surface area (Å²) >= 11 is 0. The highest BCUT2D eigenvalue weighted by atomic mass is 14.9. The summed E-state index contributed by atoms with van der Waals surface area (Å²) in [6, 6.07) is 10.1. The quantitative estimate of drug-likeness (QED) is 0.808. The molecule has 0 aromatic heterocycles. The van der Waals surface area contributed by atoms with E-state index in [0.717, 1.165) is 5.92 Å². The van der Waals surface area contributed by atoms with E-state index in [-0.39, 0.29) is 0 Å². The van der Waals surface area contributed by atoms with Crippen LogP contribution in [0.4, 0.5) is 0 Å². The minimum Gasteiger partial charge on any atom is -0.316 e. The fraction of sp³-hybridized carbons (Fsp3) is 0.667. The minimum atomic E-state index is 0.466. The molecule has 1 aliphatic rings. The van der Waals surface area contributed by atoms with Crippen LogP contribution < -0.4 is 5.32 Å². The summed E-state index contributed by atoms with van der Waals surface area (Å²) in [6.45, 7) is 9.22. The third-order valence-corrected chi connectivity index (χ3v) is 5.53. The van der Waals surface area contributed by atoms with E-state index in [2.05, 4.69) is 64.3 Å². The van der Waals surface area contributed by atoms with Crippen LogP contribution in [0.3, 0.4) is 0 Å². The van der Waals surface area contributed by atoms with Crippen molar-refractivity contribution in [3.63, 3.8) is 0 Å². The Kier molecular flexibility index (Phi) is 4.35. The third-order valence-electron chi connectivity index (χ3n) is 5.53. The van der Waals surface area contributed by atoms with Crippen LogP contribution in [0.15, 0.2) is 24.3 Å². The van der Waals surface area contributed by atoms with Gasteiger partial charge in [-0.3, -0.25) is 0 Å². The van der Waals surface area contributed by atoms with Crippen LogP contribution in [-0.4, -0.2) is 13.1 Å². The second kappa shape index (κ2) is 5.66. The molecular formula is C18H29N. The van der Waals surface area contributed by atoms with Crippen LogP contribution in [0.25, 0.3) is 0 Å². The molecule has 0 aliphatic heterocycles. The monoisotopic (exact) mass is 259 g/mol. The molecule has 0 spiro atoms. The van der Waals surface area contributed by atoms with Gasteiger partial charge in [-0.05, 0) is 54.7 Å². The lowest BCUT2D eigenvalue weighted by molar-refractivity contribution is 0.0245. The second-order valence-electron chi connectivity index (χ2n) is 6.39. The van der Waals surface area contributed by atoms with Gasteiger partial charge in [-0.1, -0.05) is 52.0 Å². The average Bonchev–Trinajstić information content (AvgIpc) is 2.40. The standard InChI is InChI=1S/C18H29N/c1-6-18(7-2)16(12-17(18)19-5)15-10-8-14(9-11-15)13(3)4/h8-11,13,16-17,19H,6-7,12H2,1-5H3. The molecule has 0 saturated heterocycles. The van der Waals surface area contributed by atoms with E-state index in [1.54, 1.807) is 5.56 Å². The van der Waals surface area contributed by atoms with Crippen molar-refractivity contribution in [3.05, 3.63) is 35.4 Å². The predicted octanol–water partition coefficient (Wildman–Crippen LogP) is 4.69. The number of benzene rings is 1. The zero-order chi connectivity index (χ0) is 14.0. The van der Waals surface area contributed by atoms with E-state index in [1.807, 2.05) is 0 Å². The molecule has 1 fully saturated rings. The maximum absolute atomic E-state index is 3.52. The van der Waals surface area contributed by atoms with Gasteiger partial charge in [0.15, 0.2) is 0 Å². The first-order valence-electron chi connectivity index (χ1n) is 7.86. The van der Waals surface area contributed by atoms with Gasteiger partial charge in [-0.2, -0.15) is 0 Å². The summed E-state index contributed by atoms with van der Waals surface area (Å²) in [5.41, 5.74) is 3.46. The van der Waals surface area contributed by atoms with Crippen molar-refractivity contribution in [2.24, 2.45) is 5.41 Å². The first-order chi connectivity index (χ1) is 9.08. The molecule has 106 valence electrons. The summed E-state index contributed by atoms with van der Waals surface area (Å²) in [4.78, 5) is 0. The lowest BCUT2D eigenvalue weighted by Crippen LogP contribution is -2.57. The molecule has 2 atom stereocenters. The molecular weight excluding hydrogens is 230 g/mol. The highest BCUT2D eigenvalue weighted by Crippen LogP contribution is 2.57. The molecule has 1 aromatic rings. The topological polar surface area (TPSA) is 12.0 Å². The Labute approximate surface area is 118 Å². The SMILES string of the molecule is CCC1(CC)C(NC)CC1c1ccc(C(C)C)cc1. The highest BCUT2D eigenvalue weighted by molar-refractivity contribution is 5.32. The van der Waals surface area contributed by atoms with Crippen molar-refractivity contribution in [1.82, 2.24) is 5.32 Å². The molecule has 0 amide bonds. The highest BCUT2D eigenvalue weighted by Gasteiger charge is 2.52.